The summed E-state index contributed by atoms with van der Waals surface area (Å²) in [4.78, 5) is 0. The van der Waals surface area contributed by atoms with Crippen molar-refractivity contribution in [1.29, 1.82) is 0 Å². The highest BCUT2D eigenvalue weighted by Gasteiger charge is 1.95. The Balaban J connectivity index is 0.000000187. The predicted molar refractivity (Wildman–Crippen MR) is 65.4 cm³/mol. The third kappa shape index (κ3) is 5.19. The third-order valence-corrected chi connectivity index (χ3v) is 2.62. The van der Waals surface area contributed by atoms with E-state index in [9.17, 15) is 0 Å². The van der Waals surface area contributed by atoms with E-state index in [1.807, 2.05) is 31.2 Å². The van der Waals surface area contributed by atoms with E-state index in [2.05, 4.69) is 15.9 Å². The Morgan fingerprint density at radius 1 is 1.27 bits per heavy atom. The van der Waals surface area contributed by atoms with E-state index in [4.69, 9.17) is 9.47 Å². The molecule has 1 aliphatic heterocycles. The lowest BCUT2D eigenvalue weighted by atomic mass is 10.3. The second kappa shape index (κ2) is 7.71. The molecule has 0 aliphatic carbocycles. The van der Waals surface area contributed by atoms with Crippen molar-refractivity contribution in [2.75, 3.05) is 19.8 Å². The van der Waals surface area contributed by atoms with Crippen molar-refractivity contribution in [1.82, 2.24) is 0 Å². The summed E-state index contributed by atoms with van der Waals surface area (Å²) in [6.45, 7) is 4.68. The highest BCUT2D eigenvalue weighted by Crippen LogP contribution is 2.23. The van der Waals surface area contributed by atoms with Gasteiger partial charge in [-0.15, -0.1) is 0 Å². The Morgan fingerprint density at radius 2 is 1.93 bits per heavy atom. The van der Waals surface area contributed by atoms with Crippen LogP contribution in [0.4, 0.5) is 0 Å². The second-order valence-electron chi connectivity index (χ2n) is 3.18. The normalized spacial score (nSPS) is 14.3. The lowest BCUT2D eigenvalue weighted by Crippen LogP contribution is -1.91. The molecule has 0 atom stereocenters. The van der Waals surface area contributed by atoms with E-state index in [0.29, 0.717) is 6.61 Å². The lowest BCUT2D eigenvalue weighted by molar-refractivity contribution is 0.198. The molecule has 1 aromatic carbocycles. The minimum Gasteiger partial charge on any atom is -0.493 e. The predicted octanol–water partition coefficient (Wildman–Crippen LogP) is 3.64. The third-order valence-electron chi connectivity index (χ3n) is 1.96. The van der Waals surface area contributed by atoms with Crippen LogP contribution in [0.1, 0.15) is 19.8 Å². The molecule has 1 aromatic rings. The SMILES string of the molecule is C1CCOC1.CCOc1ccccc1Br. The molecule has 0 spiro atoms. The molecule has 1 saturated heterocycles. The summed E-state index contributed by atoms with van der Waals surface area (Å²) in [5, 5.41) is 0. The molecule has 0 unspecified atom stereocenters. The summed E-state index contributed by atoms with van der Waals surface area (Å²) in [7, 11) is 0. The second-order valence-corrected chi connectivity index (χ2v) is 4.04. The van der Waals surface area contributed by atoms with Crippen LogP contribution in [0, 0.1) is 0 Å². The van der Waals surface area contributed by atoms with Gasteiger partial charge in [0.2, 0.25) is 0 Å². The number of rotatable bonds is 2. The number of para-hydroxylation sites is 1. The number of hydrogen-bond donors (Lipinski definition) is 0. The molecule has 2 nitrogen and oxygen atoms in total. The minimum atomic E-state index is 0.711. The van der Waals surface area contributed by atoms with Crippen molar-refractivity contribution in [2.45, 2.75) is 19.8 Å². The Bertz CT molecular complexity index is 264. The van der Waals surface area contributed by atoms with Gasteiger partial charge < -0.3 is 9.47 Å². The summed E-state index contributed by atoms with van der Waals surface area (Å²) in [6, 6.07) is 7.82. The van der Waals surface area contributed by atoms with Crippen LogP contribution in [0.2, 0.25) is 0 Å². The minimum absolute atomic E-state index is 0.711. The average molecular weight is 273 g/mol. The topological polar surface area (TPSA) is 18.5 Å². The van der Waals surface area contributed by atoms with Gasteiger partial charge in [-0.2, -0.15) is 0 Å². The van der Waals surface area contributed by atoms with Gasteiger partial charge in [-0.05, 0) is 47.8 Å². The van der Waals surface area contributed by atoms with Crippen molar-refractivity contribution >= 4 is 15.9 Å². The van der Waals surface area contributed by atoms with Crippen LogP contribution >= 0.6 is 15.9 Å². The molecule has 0 aromatic heterocycles. The van der Waals surface area contributed by atoms with Crippen molar-refractivity contribution < 1.29 is 9.47 Å². The van der Waals surface area contributed by atoms with Gasteiger partial charge in [-0.1, -0.05) is 12.1 Å². The molecule has 0 saturated carbocycles. The van der Waals surface area contributed by atoms with Crippen molar-refractivity contribution in [3.05, 3.63) is 28.7 Å². The molecule has 0 amide bonds. The number of ether oxygens (including phenoxy) is 2. The first-order valence-electron chi connectivity index (χ1n) is 5.29. The maximum Gasteiger partial charge on any atom is 0.133 e. The molecule has 1 heterocycles. The van der Waals surface area contributed by atoms with Crippen LogP contribution in [0.15, 0.2) is 28.7 Å². The Labute approximate surface area is 99.7 Å². The highest BCUT2D eigenvalue weighted by atomic mass is 79.9. The van der Waals surface area contributed by atoms with E-state index in [-0.39, 0.29) is 0 Å². The van der Waals surface area contributed by atoms with Crippen molar-refractivity contribution in [3.63, 3.8) is 0 Å². The van der Waals surface area contributed by atoms with Gasteiger partial charge in [0.15, 0.2) is 0 Å². The van der Waals surface area contributed by atoms with E-state index >= 15 is 0 Å². The van der Waals surface area contributed by atoms with Gasteiger partial charge in [-0.3, -0.25) is 0 Å². The Hall–Kier alpha value is -0.540. The molecule has 2 rings (SSSR count). The molecule has 3 heteroatoms. The number of halogens is 1. The van der Waals surface area contributed by atoms with Crippen molar-refractivity contribution in [2.24, 2.45) is 0 Å². The summed E-state index contributed by atoms with van der Waals surface area (Å²) in [6.07, 6.45) is 2.56. The first-order valence-corrected chi connectivity index (χ1v) is 6.09. The van der Waals surface area contributed by atoms with Crippen molar-refractivity contribution in [3.8, 4) is 5.75 Å². The van der Waals surface area contributed by atoms with Gasteiger partial charge in [0.25, 0.3) is 0 Å². The van der Waals surface area contributed by atoms with Gasteiger partial charge in [-0.25, -0.2) is 0 Å². The van der Waals surface area contributed by atoms with Crippen LogP contribution in [0.25, 0.3) is 0 Å². The summed E-state index contributed by atoms with van der Waals surface area (Å²) >= 11 is 3.37. The molecule has 0 bridgehead atoms. The van der Waals surface area contributed by atoms with Crippen LogP contribution in [0.5, 0.6) is 5.75 Å². The Kier molecular flexibility index (Phi) is 6.44. The first-order chi connectivity index (χ1) is 7.34. The average Bonchev–Trinajstić information content (AvgIpc) is 2.80. The zero-order chi connectivity index (χ0) is 10.9. The Morgan fingerprint density at radius 3 is 2.40 bits per heavy atom. The van der Waals surface area contributed by atoms with Gasteiger partial charge in [0, 0.05) is 13.2 Å². The molecule has 15 heavy (non-hydrogen) atoms. The molecule has 0 N–H and O–H groups in total. The van der Waals surface area contributed by atoms with E-state index < -0.39 is 0 Å². The fourth-order valence-corrected chi connectivity index (χ4v) is 1.63. The number of hydrogen-bond acceptors (Lipinski definition) is 2. The smallest absolute Gasteiger partial charge is 0.133 e. The molecule has 84 valence electrons. The molecule has 1 aliphatic rings. The maximum absolute atomic E-state index is 5.29. The van der Waals surface area contributed by atoms with Gasteiger partial charge in [0.05, 0.1) is 11.1 Å². The van der Waals surface area contributed by atoms with Crippen LogP contribution in [-0.2, 0) is 4.74 Å². The van der Waals surface area contributed by atoms with E-state index in [0.717, 1.165) is 23.4 Å². The highest BCUT2D eigenvalue weighted by molar-refractivity contribution is 9.10. The molecule has 0 radical (unpaired) electrons. The lowest BCUT2D eigenvalue weighted by Gasteiger charge is -2.03. The van der Waals surface area contributed by atoms with E-state index in [1.54, 1.807) is 0 Å². The molecular weight excluding hydrogens is 256 g/mol. The monoisotopic (exact) mass is 272 g/mol. The van der Waals surface area contributed by atoms with Crippen LogP contribution in [0.3, 0.4) is 0 Å². The van der Waals surface area contributed by atoms with E-state index in [1.165, 1.54) is 12.8 Å². The van der Waals surface area contributed by atoms with Crippen LogP contribution in [-0.4, -0.2) is 19.8 Å². The number of benzene rings is 1. The summed E-state index contributed by atoms with van der Waals surface area (Å²) in [5.74, 6) is 0.907. The molecule has 1 fully saturated rings. The fraction of sp³-hybridized carbons (Fsp3) is 0.500. The van der Waals surface area contributed by atoms with Gasteiger partial charge >= 0.3 is 0 Å². The zero-order valence-corrected chi connectivity index (χ0v) is 10.6. The quantitative estimate of drug-likeness (QED) is 0.819. The maximum atomic E-state index is 5.29. The standard InChI is InChI=1S/C8H9BrO.C4H8O/c1-2-10-8-6-4-3-5-7(8)9;1-2-4-5-3-1/h3-6H,2H2,1H3;1-4H2. The first kappa shape index (κ1) is 12.5. The van der Waals surface area contributed by atoms with Gasteiger partial charge in [0.1, 0.15) is 5.75 Å². The van der Waals surface area contributed by atoms with Crippen LogP contribution < -0.4 is 4.74 Å². The summed E-state index contributed by atoms with van der Waals surface area (Å²) in [5.41, 5.74) is 0. The summed E-state index contributed by atoms with van der Waals surface area (Å²) < 4.78 is 11.2. The zero-order valence-electron chi connectivity index (χ0n) is 9.04. The fourth-order valence-electron chi connectivity index (χ4n) is 1.23. The largest absolute Gasteiger partial charge is 0.493 e. The molecular formula is C12H17BrO2.